The summed E-state index contributed by atoms with van der Waals surface area (Å²) >= 11 is 0. The second kappa shape index (κ2) is 5.65. The number of hydrogen-bond donors (Lipinski definition) is 1. The summed E-state index contributed by atoms with van der Waals surface area (Å²) in [5, 5.41) is 10.3. The predicted molar refractivity (Wildman–Crippen MR) is 70.9 cm³/mol. The number of aliphatic hydroxyl groups is 1. The van der Waals surface area contributed by atoms with Gasteiger partial charge in [0.05, 0.1) is 6.10 Å². The summed E-state index contributed by atoms with van der Waals surface area (Å²) in [5.74, 6) is 0. The topological polar surface area (TPSA) is 23.5 Å². The highest BCUT2D eigenvalue weighted by atomic mass is 16.3. The average Bonchev–Trinajstić information content (AvgIpc) is 2.71. The van der Waals surface area contributed by atoms with Crippen LogP contribution in [0.3, 0.4) is 0 Å². The molecule has 1 aromatic carbocycles. The highest BCUT2D eigenvalue weighted by molar-refractivity contribution is 5.17. The van der Waals surface area contributed by atoms with Crippen LogP contribution in [0.5, 0.6) is 0 Å². The zero-order chi connectivity index (χ0) is 12.3. The third-order valence-corrected chi connectivity index (χ3v) is 3.99. The second-order valence-corrected chi connectivity index (χ2v) is 5.11. The molecule has 1 fully saturated rings. The molecule has 17 heavy (non-hydrogen) atoms. The van der Waals surface area contributed by atoms with Crippen LogP contribution in [0.4, 0.5) is 0 Å². The summed E-state index contributed by atoms with van der Waals surface area (Å²) in [5.41, 5.74) is 1.03. The van der Waals surface area contributed by atoms with Gasteiger partial charge in [0.15, 0.2) is 0 Å². The van der Waals surface area contributed by atoms with Gasteiger partial charge in [-0.25, -0.2) is 0 Å². The first-order valence-corrected chi connectivity index (χ1v) is 6.71. The van der Waals surface area contributed by atoms with Crippen molar-refractivity contribution in [3.05, 3.63) is 35.9 Å². The molecule has 0 aliphatic carbocycles. The van der Waals surface area contributed by atoms with E-state index in [2.05, 4.69) is 18.7 Å². The molecule has 1 aromatic rings. The van der Waals surface area contributed by atoms with Crippen molar-refractivity contribution in [1.82, 2.24) is 4.90 Å². The van der Waals surface area contributed by atoms with Gasteiger partial charge in [-0.2, -0.15) is 0 Å². The Balaban J connectivity index is 2.00. The van der Waals surface area contributed by atoms with Gasteiger partial charge in [0.1, 0.15) is 0 Å². The summed E-state index contributed by atoms with van der Waals surface area (Å²) in [6.45, 7) is 5.28. The van der Waals surface area contributed by atoms with E-state index in [9.17, 15) is 5.11 Å². The number of benzene rings is 1. The van der Waals surface area contributed by atoms with E-state index < -0.39 is 0 Å². The van der Waals surface area contributed by atoms with Crippen LogP contribution in [0, 0.1) is 0 Å². The van der Waals surface area contributed by atoms with E-state index in [1.165, 1.54) is 19.3 Å². The summed E-state index contributed by atoms with van der Waals surface area (Å²) < 4.78 is 0. The number of aliphatic hydroxyl groups excluding tert-OH is 1. The fraction of sp³-hybridized carbons (Fsp3) is 0.600. The molecule has 3 unspecified atom stereocenters. The van der Waals surface area contributed by atoms with Gasteiger partial charge in [-0.3, -0.25) is 4.90 Å². The summed E-state index contributed by atoms with van der Waals surface area (Å²) in [6.07, 6.45) is 3.37. The van der Waals surface area contributed by atoms with Gasteiger partial charge < -0.3 is 5.11 Å². The zero-order valence-electron chi connectivity index (χ0n) is 10.8. The van der Waals surface area contributed by atoms with Crippen molar-refractivity contribution in [2.45, 2.75) is 51.3 Å². The minimum absolute atomic E-state index is 0.356. The third-order valence-electron chi connectivity index (χ3n) is 3.99. The minimum atomic E-state index is -0.356. The molecule has 1 aliphatic rings. The fourth-order valence-electron chi connectivity index (χ4n) is 2.87. The maximum Gasteiger partial charge on any atom is 0.0917 e. The zero-order valence-corrected chi connectivity index (χ0v) is 10.8. The lowest BCUT2D eigenvalue weighted by Gasteiger charge is -2.29. The molecule has 1 N–H and O–H groups in total. The molecule has 2 rings (SSSR count). The van der Waals surface area contributed by atoms with Gasteiger partial charge in [-0.15, -0.1) is 0 Å². The van der Waals surface area contributed by atoms with Gasteiger partial charge in [0.2, 0.25) is 0 Å². The third kappa shape index (κ3) is 2.88. The second-order valence-electron chi connectivity index (χ2n) is 5.11. The van der Waals surface area contributed by atoms with Crippen LogP contribution in [-0.2, 0) is 0 Å². The van der Waals surface area contributed by atoms with Gasteiger partial charge in [0.25, 0.3) is 0 Å². The summed E-state index contributed by atoms with van der Waals surface area (Å²) in [7, 11) is 0. The van der Waals surface area contributed by atoms with E-state index in [0.717, 1.165) is 12.1 Å². The molecule has 0 saturated carbocycles. The van der Waals surface area contributed by atoms with Crippen LogP contribution >= 0.6 is 0 Å². The van der Waals surface area contributed by atoms with Crippen molar-refractivity contribution < 1.29 is 5.11 Å². The van der Waals surface area contributed by atoms with Crippen LogP contribution in [0.2, 0.25) is 0 Å². The molecule has 2 heteroatoms. The Morgan fingerprint density at radius 1 is 1.29 bits per heavy atom. The molecular weight excluding hydrogens is 210 g/mol. The predicted octanol–water partition coefficient (Wildman–Crippen LogP) is 2.98. The van der Waals surface area contributed by atoms with E-state index in [0.29, 0.717) is 12.1 Å². The molecule has 0 amide bonds. The number of rotatable bonds is 4. The van der Waals surface area contributed by atoms with Crippen LogP contribution < -0.4 is 0 Å². The maximum absolute atomic E-state index is 10.3. The molecule has 1 aliphatic heterocycles. The Labute approximate surface area is 104 Å². The Bertz CT molecular complexity index is 338. The highest BCUT2D eigenvalue weighted by Gasteiger charge is 2.30. The van der Waals surface area contributed by atoms with E-state index in [1.807, 2.05) is 30.3 Å². The van der Waals surface area contributed by atoms with E-state index >= 15 is 0 Å². The molecular formula is C15H23NO. The van der Waals surface area contributed by atoms with Crippen molar-refractivity contribution in [2.24, 2.45) is 0 Å². The molecule has 2 nitrogen and oxygen atoms in total. The lowest BCUT2D eigenvalue weighted by Crippen LogP contribution is -2.37. The summed E-state index contributed by atoms with van der Waals surface area (Å²) in [4.78, 5) is 2.47. The molecule has 0 aromatic heterocycles. The Morgan fingerprint density at radius 2 is 2.00 bits per heavy atom. The monoisotopic (exact) mass is 233 g/mol. The lowest BCUT2D eigenvalue weighted by atomic mass is 10.1. The van der Waals surface area contributed by atoms with E-state index in [4.69, 9.17) is 0 Å². The fourth-order valence-corrected chi connectivity index (χ4v) is 2.87. The number of hydrogen-bond acceptors (Lipinski definition) is 2. The number of nitrogens with zero attached hydrogens (tertiary/aromatic N) is 1. The largest absolute Gasteiger partial charge is 0.387 e. The highest BCUT2D eigenvalue weighted by Crippen LogP contribution is 2.28. The maximum atomic E-state index is 10.3. The van der Waals surface area contributed by atoms with Crippen molar-refractivity contribution in [3.8, 4) is 0 Å². The van der Waals surface area contributed by atoms with Crippen LogP contribution in [0.15, 0.2) is 30.3 Å². The molecule has 1 heterocycles. The van der Waals surface area contributed by atoms with Crippen molar-refractivity contribution >= 4 is 0 Å². The standard InChI is InChI=1S/C15H23NO/c1-3-14-10-9-12(2)16(14)11-15(17)13-7-5-4-6-8-13/h4-8,12,14-15,17H,3,9-11H2,1-2H3. The molecule has 94 valence electrons. The van der Waals surface area contributed by atoms with Gasteiger partial charge >= 0.3 is 0 Å². The Hall–Kier alpha value is -0.860. The first-order valence-electron chi connectivity index (χ1n) is 6.71. The first-order chi connectivity index (χ1) is 8.22. The van der Waals surface area contributed by atoms with Crippen molar-refractivity contribution in [3.63, 3.8) is 0 Å². The van der Waals surface area contributed by atoms with Gasteiger partial charge in [-0.05, 0) is 31.7 Å². The quantitative estimate of drug-likeness (QED) is 0.864. The average molecular weight is 233 g/mol. The molecule has 1 saturated heterocycles. The molecule has 0 radical (unpaired) electrons. The summed E-state index contributed by atoms with van der Waals surface area (Å²) in [6, 6.07) is 11.2. The van der Waals surface area contributed by atoms with Crippen LogP contribution in [-0.4, -0.2) is 28.6 Å². The van der Waals surface area contributed by atoms with Crippen LogP contribution in [0.1, 0.15) is 44.8 Å². The van der Waals surface area contributed by atoms with Gasteiger partial charge in [0, 0.05) is 18.6 Å². The van der Waals surface area contributed by atoms with Crippen molar-refractivity contribution in [2.75, 3.05) is 6.54 Å². The SMILES string of the molecule is CCC1CCC(C)N1CC(O)c1ccccc1. The lowest BCUT2D eigenvalue weighted by molar-refractivity contribution is 0.0860. The molecule has 3 atom stereocenters. The van der Waals surface area contributed by atoms with E-state index in [1.54, 1.807) is 0 Å². The number of likely N-dealkylation sites (tertiary alicyclic amines) is 1. The molecule has 0 spiro atoms. The van der Waals surface area contributed by atoms with Crippen molar-refractivity contribution in [1.29, 1.82) is 0 Å². The Kier molecular flexibility index (Phi) is 4.19. The van der Waals surface area contributed by atoms with Gasteiger partial charge in [-0.1, -0.05) is 37.3 Å². The molecule has 0 bridgehead atoms. The smallest absolute Gasteiger partial charge is 0.0917 e. The number of β-amino-alcohol motifs (C(OH)–C–C–N with tert-alkyl or cyclic N) is 1. The van der Waals surface area contributed by atoms with Crippen LogP contribution in [0.25, 0.3) is 0 Å². The Morgan fingerprint density at radius 3 is 2.65 bits per heavy atom. The minimum Gasteiger partial charge on any atom is -0.387 e. The first kappa shape index (κ1) is 12.6. The normalized spacial score (nSPS) is 27.2. The van der Waals surface area contributed by atoms with E-state index in [-0.39, 0.29) is 6.10 Å².